The van der Waals surface area contributed by atoms with Gasteiger partial charge in [-0.25, -0.2) is 8.42 Å². The van der Waals surface area contributed by atoms with Crippen molar-refractivity contribution in [2.24, 2.45) is 0 Å². The SMILES string of the molecule is CS(=O)(=O)CCNCc1ccc(Br)c(Cl)c1. The van der Waals surface area contributed by atoms with Gasteiger partial charge in [-0.15, -0.1) is 0 Å². The van der Waals surface area contributed by atoms with E-state index >= 15 is 0 Å². The van der Waals surface area contributed by atoms with Gasteiger partial charge in [0.1, 0.15) is 9.84 Å². The van der Waals surface area contributed by atoms with E-state index in [0.29, 0.717) is 18.1 Å². The van der Waals surface area contributed by atoms with E-state index < -0.39 is 9.84 Å². The Balaban J connectivity index is 2.41. The van der Waals surface area contributed by atoms with Gasteiger partial charge in [0.15, 0.2) is 0 Å². The van der Waals surface area contributed by atoms with Crippen LogP contribution in [0.3, 0.4) is 0 Å². The van der Waals surface area contributed by atoms with Crippen LogP contribution in [0.15, 0.2) is 22.7 Å². The summed E-state index contributed by atoms with van der Waals surface area (Å²) in [5.74, 6) is 0.150. The Bertz CT molecular complexity index is 462. The smallest absolute Gasteiger partial charge is 0.148 e. The summed E-state index contributed by atoms with van der Waals surface area (Å²) in [6.07, 6.45) is 1.23. The van der Waals surface area contributed by atoms with Gasteiger partial charge in [-0.05, 0) is 33.6 Å². The van der Waals surface area contributed by atoms with Crippen LogP contribution in [0.2, 0.25) is 5.02 Å². The van der Waals surface area contributed by atoms with Crippen molar-refractivity contribution in [2.75, 3.05) is 18.6 Å². The average molecular weight is 327 g/mol. The van der Waals surface area contributed by atoms with Crippen molar-refractivity contribution in [3.8, 4) is 0 Å². The summed E-state index contributed by atoms with van der Waals surface area (Å²) in [5.41, 5.74) is 1.03. The average Bonchev–Trinajstić information content (AvgIpc) is 2.17. The van der Waals surface area contributed by atoms with Crippen molar-refractivity contribution in [1.82, 2.24) is 5.32 Å². The van der Waals surface area contributed by atoms with Gasteiger partial charge in [0.05, 0.1) is 10.8 Å². The second kappa shape index (κ2) is 6.00. The Hall–Kier alpha value is -0.100. The largest absolute Gasteiger partial charge is 0.312 e. The summed E-state index contributed by atoms with van der Waals surface area (Å²) >= 11 is 9.23. The lowest BCUT2D eigenvalue weighted by Crippen LogP contribution is -2.21. The second-order valence-electron chi connectivity index (χ2n) is 3.56. The fourth-order valence-electron chi connectivity index (χ4n) is 1.14. The number of nitrogens with one attached hydrogen (secondary N) is 1. The number of rotatable bonds is 5. The topological polar surface area (TPSA) is 46.2 Å². The Kier molecular flexibility index (Phi) is 5.24. The molecule has 0 fully saturated rings. The maximum Gasteiger partial charge on any atom is 0.148 e. The first-order valence-corrected chi connectivity index (χ1v) is 7.94. The Labute approximate surface area is 109 Å². The van der Waals surface area contributed by atoms with Crippen LogP contribution >= 0.6 is 27.5 Å². The molecule has 0 aliphatic heterocycles. The summed E-state index contributed by atoms with van der Waals surface area (Å²) in [6, 6.07) is 5.65. The van der Waals surface area contributed by atoms with Crippen molar-refractivity contribution in [2.45, 2.75) is 6.54 Å². The van der Waals surface area contributed by atoms with Crippen LogP contribution in [-0.2, 0) is 16.4 Å². The summed E-state index contributed by atoms with van der Waals surface area (Å²) in [5, 5.41) is 3.71. The molecule has 0 spiro atoms. The molecule has 3 nitrogen and oxygen atoms in total. The van der Waals surface area contributed by atoms with Crippen molar-refractivity contribution < 1.29 is 8.42 Å². The van der Waals surface area contributed by atoms with Gasteiger partial charge in [0.2, 0.25) is 0 Å². The van der Waals surface area contributed by atoms with Crippen LogP contribution in [0.25, 0.3) is 0 Å². The Morgan fingerprint density at radius 1 is 1.44 bits per heavy atom. The van der Waals surface area contributed by atoms with E-state index in [0.717, 1.165) is 10.0 Å². The zero-order valence-electron chi connectivity index (χ0n) is 8.83. The molecule has 1 N–H and O–H groups in total. The molecule has 0 aliphatic rings. The molecule has 16 heavy (non-hydrogen) atoms. The highest BCUT2D eigenvalue weighted by atomic mass is 79.9. The van der Waals surface area contributed by atoms with Crippen LogP contribution in [0.1, 0.15) is 5.56 Å². The van der Waals surface area contributed by atoms with E-state index in [1.165, 1.54) is 6.26 Å². The van der Waals surface area contributed by atoms with E-state index in [1.54, 1.807) is 0 Å². The predicted molar refractivity (Wildman–Crippen MR) is 70.6 cm³/mol. The third kappa shape index (κ3) is 5.30. The molecule has 0 radical (unpaired) electrons. The molecule has 0 aromatic heterocycles. The van der Waals surface area contributed by atoms with Crippen molar-refractivity contribution in [3.63, 3.8) is 0 Å². The molecule has 1 aromatic carbocycles. The number of halogens is 2. The molecule has 0 saturated heterocycles. The van der Waals surface area contributed by atoms with Gasteiger partial charge in [-0.3, -0.25) is 0 Å². The normalized spacial score (nSPS) is 11.7. The fourth-order valence-corrected chi connectivity index (χ4v) is 2.10. The highest BCUT2D eigenvalue weighted by Crippen LogP contribution is 2.22. The minimum atomic E-state index is -2.89. The zero-order valence-corrected chi connectivity index (χ0v) is 12.0. The molecule has 1 rings (SSSR count). The van der Waals surface area contributed by atoms with Gasteiger partial charge >= 0.3 is 0 Å². The molecule has 0 unspecified atom stereocenters. The summed E-state index contributed by atoms with van der Waals surface area (Å²) < 4.78 is 22.6. The van der Waals surface area contributed by atoms with Gasteiger partial charge in [0, 0.05) is 23.8 Å². The Morgan fingerprint density at radius 3 is 2.69 bits per heavy atom. The molecular weight excluding hydrogens is 314 g/mol. The van der Waals surface area contributed by atoms with Crippen LogP contribution < -0.4 is 5.32 Å². The highest BCUT2D eigenvalue weighted by molar-refractivity contribution is 9.10. The van der Waals surface area contributed by atoms with Crippen molar-refractivity contribution in [3.05, 3.63) is 33.3 Å². The first-order chi connectivity index (χ1) is 7.38. The number of benzene rings is 1. The van der Waals surface area contributed by atoms with Crippen molar-refractivity contribution in [1.29, 1.82) is 0 Å². The molecule has 0 saturated carbocycles. The van der Waals surface area contributed by atoms with Crippen LogP contribution in [0.5, 0.6) is 0 Å². The zero-order chi connectivity index (χ0) is 12.2. The second-order valence-corrected chi connectivity index (χ2v) is 7.08. The fraction of sp³-hybridized carbons (Fsp3) is 0.400. The summed E-state index contributed by atoms with van der Waals surface area (Å²) in [7, 11) is -2.89. The van der Waals surface area contributed by atoms with Gasteiger partial charge in [-0.1, -0.05) is 17.7 Å². The maximum atomic E-state index is 10.9. The lowest BCUT2D eigenvalue weighted by atomic mass is 10.2. The summed E-state index contributed by atoms with van der Waals surface area (Å²) in [4.78, 5) is 0. The quantitative estimate of drug-likeness (QED) is 0.844. The molecule has 90 valence electrons. The molecule has 0 amide bonds. The molecule has 1 aromatic rings. The minimum Gasteiger partial charge on any atom is -0.312 e. The standard InChI is InChI=1S/C10H13BrClNO2S/c1-16(14,15)5-4-13-7-8-2-3-9(11)10(12)6-8/h2-3,6,13H,4-5,7H2,1H3. The number of hydrogen-bond donors (Lipinski definition) is 1. The van der Waals surface area contributed by atoms with Gasteiger partial charge < -0.3 is 5.32 Å². The molecular formula is C10H13BrClNO2S. The van der Waals surface area contributed by atoms with E-state index in [2.05, 4.69) is 21.2 Å². The maximum absolute atomic E-state index is 10.9. The highest BCUT2D eigenvalue weighted by Gasteiger charge is 2.02. The van der Waals surface area contributed by atoms with Crippen LogP contribution in [-0.4, -0.2) is 27.0 Å². The van der Waals surface area contributed by atoms with Crippen LogP contribution in [0, 0.1) is 0 Å². The lowest BCUT2D eigenvalue weighted by molar-refractivity contribution is 0.596. The first kappa shape index (κ1) is 14.0. The first-order valence-electron chi connectivity index (χ1n) is 4.71. The third-order valence-electron chi connectivity index (χ3n) is 1.96. The predicted octanol–water partition coefficient (Wildman–Crippen LogP) is 2.24. The number of hydrogen-bond acceptors (Lipinski definition) is 3. The molecule has 6 heteroatoms. The van der Waals surface area contributed by atoms with E-state index in [9.17, 15) is 8.42 Å². The van der Waals surface area contributed by atoms with Crippen LogP contribution in [0.4, 0.5) is 0 Å². The van der Waals surface area contributed by atoms with E-state index in [4.69, 9.17) is 11.6 Å². The molecule has 0 atom stereocenters. The van der Waals surface area contributed by atoms with Gasteiger partial charge in [0.25, 0.3) is 0 Å². The lowest BCUT2D eigenvalue weighted by Gasteiger charge is -2.05. The van der Waals surface area contributed by atoms with E-state index in [1.807, 2.05) is 18.2 Å². The molecule has 0 bridgehead atoms. The van der Waals surface area contributed by atoms with Crippen molar-refractivity contribution >= 4 is 37.4 Å². The number of sulfone groups is 1. The Morgan fingerprint density at radius 2 is 2.12 bits per heavy atom. The van der Waals surface area contributed by atoms with Gasteiger partial charge in [-0.2, -0.15) is 0 Å². The summed E-state index contributed by atoms with van der Waals surface area (Å²) in [6.45, 7) is 1.06. The molecule has 0 aliphatic carbocycles. The molecule has 0 heterocycles. The monoisotopic (exact) mass is 325 g/mol. The third-order valence-corrected chi connectivity index (χ3v) is 4.14. The van der Waals surface area contributed by atoms with E-state index in [-0.39, 0.29) is 5.75 Å². The minimum absolute atomic E-state index is 0.150.